The summed E-state index contributed by atoms with van der Waals surface area (Å²) in [6.07, 6.45) is 7.12. The lowest BCUT2D eigenvalue weighted by molar-refractivity contribution is -0.131. The molecule has 92 valence electrons. The molecular weight excluding hydrogens is 230 g/mol. The summed E-state index contributed by atoms with van der Waals surface area (Å²) < 4.78 is 0. The Morgan fingerprint density at radius 2 is 2.12 bits per heavy atom. The lowest BCUT2D eigenvalue weighted by Gasteiger charge is -2.38. The van der Waals surface area contributed by atoms with E-state index in [-0.39, 0.29) is 5.91 Å². The second-order valence-electron chi connectivity index (χ2n) is 4.72. The van der Waals surface area contributed by atoms with Crippen LogP contribution in [0.2, 0.25) is 0 Å². The van der Waals surface area contributed by atoms with Gasteiger partial charge < -0.3 is 4.90 Å². The minimum atomic E-state index is 0.151. The van der Waals surface area contributed by atoms with Gasteiger partial charge in [-0.3, -0.25) is 4.79 Å². The zero-order chi connectivity index (χ0) is 12.3. The summed E-state index contributed by atoms with van der Waals surface area (Å²) in [5.41, 5.74) is 0. The summed E-state index contributed by atoms with van der Waals surface area (Å²) in [6, 6.07) is 4.77. The maximum atomic E-state index is 12.2. The SMILES string of the molecule is CC1CCCC(C)N1C(=O)/C=C/c1cccs1. The highest BCUT2D eigenvalue weighted by molar-refractivity contribution is 7.10. The minimum absolute atomic E-state index is 0.151. The third-order valence-corrected chi connectivity index (χ3v) is 4.22. The number of hydrogen-bond acceptors (Lipinski definition) is 2. The van der Waals surface area contributed by atoms with Crippen molar-refractivity contribution in [3.63, 3.8) is 0 Å². The number of carbonyl (C=O) groups is 1. The highest BCUT2D eigenvalue weighted by atomic mass is 32.1. The molecule has 2 atom stereocenters. The molecule has 2 heterocycles. The van der Waals surface area contributed by atoms with E-state index in [2.05, 4.69) is 13.8 Å². The maximum absolute atomic E-state index is 12.2. The number of amides is 1. The van der Waals surface area contributed by atoms with E-state index in [1.165, 1.54) is 6.42 Å². The Bertz CT molecular complexity index is 386. The normalized spacial score (nSPS) is 25.4. The van der Waals surface area contributed by atoms with E-state index in [0.717, 1.165) is 17.7 Å². The average Bonchev–Trinajstić information content (AvgIpc) is 2.79. The van der Waals surface area contributed by atoms with Crippen molar-refractivity contribution < 1.29 is 4.79 Å². The van der Waals surface area contributed by atoms with E-state index in [9.17, 15) is 4.79 Å². The first-order valence-corrected chi connectivity index (χ1v) is 7.10. The molecule has 0 saturated carbocycles. The first-order valence-electron chi connectivity index (χ1n) is 6.22. The zero-order valence-electron chi connectivity index (χ0n) is 10.4. The van der Waals surface area contributed by atoms with Crippen LogP contribution in [0.25, 0.3) is 6.08 Å². The van der Waals surface area contributed by atoms with Crippen molar-refractivity contribution in [3.05, 3.63) is 28.5 Å². The molecule has 0 spiro atoms. The summed E-state index contributed by atoms with van der Waals surface area (Å²) in [7, 11) is 0. The topological polar surface area (TPSA) is 20.3 Å². The first-order chi connectivity index (χ1) is 8.18. The van der Waals surface area contributed by atoms with Crippen LogP contribution in [0, 0.1) is 0 Å². The van der Waals surface area contributed by atoms with Crippen LogP contribution in [-0.4, -0.2) is 22.9 Å². The van der Waals surface area contributed by atoms with Gasteiger partial charge >= 0.3 is 0 Å². The van der Waals surface area contributed by atoms with Crippen LogP contribution < -0.4 is 0 Å². The molecule has 1 amide bonds. The van der Waals surface area contributed by atoms with Crippen LogP contribution in [0.5, 0.6) is 0 Å². The maximum Gasteiger partial charge on any atom is 0.247 e. The van der Waals surface area contributed by atoms with Crippen LogP contribution in [0.1, 0.15) is 38.0 Å². The van der Waals surface area contributed by atoms with E-state index in [0.29, 0.717) is 12.1 Å². The summed E-state index contributed by atoms with van der Waals surface area (Å²) in [6.45, 7) is 4.29. The Balaban J connectivity index is 2.03. The Hall–Kier alpha value is -1.09. The number of thiophene rings is 1. The van der Waals surface area contributed by atoms with Gasteiger partial charge in [-0.1, -0.05) is 6.07 Å². The molecule has 3 heteroatoms. The Labute approximate surface area is 107 Å². The van der Waals surface area contributed by atoms with Crippen LogP contribution in [-0.2, 0) is 4.79 Å². The fraction of sp³-hybridized carbons (Fsp3) is 0.500. The lowest BCUT2D eigenvalue weighted by Crippen LogP contribution is -2.46. The minimum Gasteiger partial charge on any atom is -0.334 e. The molecule has 2 nitrogen and oxygen atoms in total. The smallest absolute Gasteiger partial charge is 0.247 e. The number of carbonyl (C=O) groups excluding carboxylic acids is 1. The molecule has 2 rings (SSSR count). The summed E-state index contributed by atoms with van der Waals surface area (Å²) in [5.74, 6) is 0.151. The van der Waals surface area contributed by atoms with Gasteiger partial charge in [0, 0.05) is 23.0 Å². The quantitative estimate of drug-likeness (QED) is 0.734. The van der Waals surface area contributed by atoms with Gasteiger partial charge in [0.05, 0.1) is 0 Å². The van der Waals surface area contributed by atoms with E-state index in [4.69, 9.17) is 0 Å². The molecule has 0 aromatic carbocycles. The van der Waals surface area contributed by atoms with Crippen molar-refractivity contribution in [1.82, 2.24) is 4.90 Å². The average molecular weight is 249 g/mol. The molecule has 1 aliphatic rings. The van der Waals surface area contributed by atoms with Gasteiger partial charge in [-0.2, -0.15) is 0 Å². The van der Waals surface area contributed by atoms with E-state index in [1.54, 1.807) is 17.4 Å². The number of rotatable bonds is 2. The molecule has 1 aliphatic heterocycles. The summed E-state index contributed by atoms with van der Waals surface area (Å²) in [5, 5.41) is 2.02. The number of hydrogen-bond donors (Lipinski definition) is 0. The van der Waals surface area contributed by atoms with Gasteiger partial charge in [-0.05, 0) is 50.6 Å². The van der Waals surface area contributed by atoms with Gasteiger partial charge in [0.2, 0.25) is 5.91 Å². The summed E-state index contributed by atoms with van der Waals surface area (Å²) in [4.78, 5) is 15.3. The Kier molecular flexibility index (Phi) is 4.00. The molecular formula is C14H19NOS. The van der Waals surface area contributed by atoms with Crippen molar-refractivity contribution in [2.45, 2.75) is 45.2 Å². The molecule has 1 fully saturated rings. The molecule has 17 heavy (non-hydrogen) atoms. The first kappa shape index (κ1) is 12.4. The van der Waals surface area contributed by atoms with Crippen molar-refractivity contribution >= 4 is 23.3 Å². The molecule has 1 aromatic rings. The molecule has 0 N–H and O–H groups in total. The second-order valence-corrected chi connectivity index (χ2v) is 5.70. The zero-order valence-corrected chi connectivity index (χ0v) is 11.2. The Morgan fingerprint density at radius 1 is 1.41 bits per heavy atom. The molecule has 2 unspecified atom stereocenters. The standard InChI is InChI=1S/C14H19NOS/c1-11-5-3-6-12(2)15(11)14(16)9-8-13-7-4-10-17-13/h4,7-12H,3,5-6H2,1-2H3/b9-8+. The fourth-order valence-electron chi connectivity index (χ4n) is 2.48. The van der Waals surface area contributed by atoms with Gasteiger partial charge in [0.25, 0.3) is 0 Å². The van der Waals surface area contributed by atoms with Crippen LogP contribution in [0.4, 0.5) is 0 Å². The highest BCUT2D eigenvalue weighted by Gasteiger charge is 2.27. The molecule has 1 saturated heterocycles. The predicted molar refractivity (Wildman–Crippen MR) is 73.0 cm³/mol. The van der Waals surface area contributed by atoms with Crippen molar-refractivity contribution in [2.75, 3.05) is 0 Å². The number of piperidine rings is 1. The number of nitrogens with zero attached hydrogens (tertiary/aromatic N) is 1. The fourth-order valence-corrected chi connectivity index (χ4v) is 3.10. The summed E-state index contributed by atoms with van der Waals surface area (Å²) >= 11 is 1.66. The predicted octanol–water partition coefficient (Wildman–Crippen LogP) is 3.55. The third kappa shape index (κ3) is 2.97. The Morgan fingerprint density at radius 3 is 2.71 bits per heavy atom. The molecule has 0 aliphatic carbocycles. The van der Waals surface area contributed by atoms with Crippen molar-refractivity contribution in [3.8, 4) is 0 Å². The van der Waals surface area contributed by atoms with Crippen molar-refractivity contribution in [2.24, 2.45) is 0 Å². The van der Waals surface area contributed by atoms with E-state index < -0.39 is 0 Å². The van der Waals surface area contributed by atoms with Gasteiger partial charge in [0.15, 0.2) is 0 Å². The molecule has 0 radical (unpaired) electrons. The van der Waals surface area contributed by atoms with Crippen LogP contribution >= 0.6 is 11.3 Å². The van der Waals surface area contributed by atoms with Gasteiger partial charge in [-0.15, -0.1) is 11.3 Å². The highest BCUT2D eigenvalue weighted by Crippen LogP contribution is 2.23. The monoisotopic (exact) mass is 249 g/mol. The lowest BCUT2D eigenvalue weighted by atomic mass is 9.97. The van der Waals surface area contributed by atoms with E-state index >= 15 is 0 Å². The van der Waals surface area contributed by atoms with Crippen LogP contribution in [0.15, 0.2) is 23.6 Å². The van der Waals surface area contributed by atoms with Crippen LogP contribution in [0.3, 0.4) is 0 Å². The van der Waals surface area contributed by atoms with Gasteiger partial charge in [-0.25, -0.2) is 0 Å². The van der Waals surface area contributed by atoms with Crippen molar-refractivity contribution in [1.29, 1.82) is 0 Å². The number of likely N-dealkylation sites (tertiary alicyclic amines) is 1. The molecule has 1 aromatic heterocycles. The third-order valence-electron chi connectivity index (χ3n) is 3.38. The van der Waals surface area contributed by atoms with Gasteiger partial charge in [0.1, 0.15) is 0 Å². The second kappa shape index (κ2) is 5.50. The molecule has 0 bridgehead atoms. The largest absolute Gasteiger partial charge is 0.334 e. The van der Waals surface area contributed by atoms with E-state index in [1.807, 2.05) is 28.5 Å².